The van der Waals surface area contributed by atoms with Crippen LogP contribution in [0.15, 0.2) is 52.4 Å². The summed E-state index contributed by atoms with van der Waals surface area (Å²) in [4.78, 5) is 20.4. The number of aliphatic imine (C=N–C) groups is 1. The van der Waals surface area contributed by atoms with Crippen molar-refractivity contribution in [3.05, 3.63) is 69.9 Å². The first-order chi connectivity index (χ1) is 10.8. The molecular weight excluding hydrogens is 294 g/mol. The lowest BCUT2D eigenvalue weighted by molar-refractivity contribution is 0.111. The Morgan fingerprint density at radius 2 is 2.14 bits per heavy atom. The van der Waals surface area contributed by atoms with Crippen LogP contribution in [0.3, 0.4) is 0 Å². The molecule has 5 heteroatoms. The molecule has 0 saturated heterocycles. The number of benzene rings is 1. The zero-order valence-electron chi connectivity index (χ0n) is 11.9. The van der Waals surface area contributed by atoms with Gasteiger partial charge in [-0.05, 0) is 24.4 Å². The lowest BCUT2D eigenvalue weighted by Gasteiger charge is -2.10. The number of para-hydroxylation sites is 1. The van der Waals surface area contributed by atoms with Crippen LogP contribution in [0.2, 0.25) is 0 Å². The molecule has 0 N–H and O–H groups in total. The molecule has 1 unspecified atom stereocenters. The molecule has 0 fully saturated rings. The fraction of sp³-hybridized carbons (Fsp3) is 0.118. The van der Waals surface area contributed by atoms with Crippen molar-refractivity contribution in [3.63, 3.8) is 0 Å². The average Bonchev–Trinajstić information content (AvgIpc) is 3.19. The molecule has 2 aromatic heterocycles. The maximum atomic E-state index is 11.3. The summed E-state index contributed by atoms with van der Waals surface area (Å²) in [5.41, 5.74) is 5.43. The molecule has 1 aliphatic heterocycles. The van der Waals surface area contributed by atoms with Gasteiger partial charge < -0.3 is 0 Å². The van der Waals surface area contributed by atoms with Gasteiger partial charge in [0.25, 0.3) is 0 Å². The number of imidazole rings is 1. The fourth-order valence-corrected chi connectivity index (χ4v) is 3.55. The van der Waals surface area contributed by atoms with E-state index in [2.05, 4.69) is 27.9 Å². The number of hydrogen-bond acceptors (Lipinski definition) is 4. The molecule has 0 radical (unpaired) electrons. The zero-order chi connectivity index (χ0) is 15.1. The Morgan fingerprint density at radius 3 is 2.91 bits per heavy atom. The summed E-state index contributed by atoms with van der Waals surface area (Å²) in [6.45, 7) is 2.00. The van der Waals surface area contributed by atoms with Gasteiger partial charge in [-0.1, -0.05) is 18.2 Å². The minimum atomic E-state index is -0.134. The highest BCUT2D eigenvalue weighted by atomic mass is 32.1. The molecule has 0 amide bonds. The van der Waals surface area contributed by atoms with Gasteiger partial charge in [0.15, 0.2) is 6.29 Å². The standard InChI is InChI=1S/C17H13N3OS/c1-11-17-14(8-21)18-10-20(17)15-5-3-2-4-13(15)16(19-11)12-6-7-22-9-12/h2-11H,1H3. The number of carbonyl (C=O) groups is 1. The van der Waals surface area contributed by atoms with Gasteiger partial charge >= 0.3 is 0 Å². The van der Waals surface area contributed by atoms with Crippen molar-refractivity contribution in [3.8, 4) is 5.69 Å². The normalized spacial score (nSPS) is 16.4. The van der Waals surface area contributed by atoms with Crippen molar-refractivity contribution in [2.24, 2.45) is 4.99 Å². The number of hydrogen-bond donors (Lipinski definition) is 0. The van der Waals surface area contributed by atoms with Crippen LogP contribution in [-0.2, 0) is 0 Å². The van der Waals surface area contributed by atoms with Gasteiger partial charge in [-0.2, -0.15) is 11.3 Å². The maximum Gasteiger partial charge on any atom is 0.170 e. The molecule has 0 saturated carbocycles. The van der Waals surface area contributed by atoms with Gasteiger partial charge in [-0.15, -0.1) is 0 Å². The van der Waals surface area contributed by atoms with Crippen molar-refractivity contribution in [1.82, 2.24) is 9.55 Å². The predicted octanol–water partition coefficient (Wildman–Crippen LogP) is 3.66. The molecule has 108 valence electrons. The summed E-state index contributed by atoms with van der Waals surface area (Å²) in [7, 11) is 0. The summed E-state index contributed by atoms with van der Waals surface area (Å²) in [5.74, 6) is 0. The Morgan fingerprint density at radius 1 is 1.27 bits per heavy atom. The van der Waals surface area contributed by atoms with Crippen LogP contribution in [-0.4, -0.2) is 21.5 Å². The molecular formula is C17H13N3OS. The molecule has 22 heavy (non-hydrogen) atoms. The van der Waals surface area contributed by atoms with Crippen LogP contribution in [0, 0.1) is 0 Å². The van der Waals surface area contributed by atoms with Gasteiger partial charge in [0.1, 0.15) is 12.0 Å². The summed E-state index contributed by atoms with van der Waals surface area (Å²) in [6.07, 6.45) is 2.51. The summed E-state index contributed by atoms with van der Waals surface area (Å²) >= 11 is 1.65. The van der Waals surface area contributed by atoms with E-state index in [-0.39, 0.29) is 6.04 Å². The van der Waals surface area contributed by atoms with Gasteiger partial charge in [0.2, 0.25) is 0 Å². The van der Waals surface area contributed by atoms with Gasteiger partial charge in [-0.3, -0.25) is 14.4 Å². The minimum Gasteiger partial charge on any atom is -0.300 e. The highest BCUT2D eigenvalue weighted by Crippen LogP contribution is 2.32. The highest BCUT2D eigenvalue weighted by molar-refractivity contribution is 7.08. The number of thiophene rings is 1. The molecule has 3 aromatic rings. The smallest absolute Gasteiger partial charge is 0.170 e. The topological polar surface area (TPSA) is 47.2 Å². The number of nitrogens with zero attached hydrogens (tertiary/aromatic N) is 3. The van der Waals surface area contributed by atoms with Crippen LogP contribution < -0.4 is 0 Å². The van der Waals surface area contributed by atoms with Crippen molar-refractivity contribution < 1.29 is 4.79 Å². The SMILES string of the molecule is CC1N=C(c2ccsc2)c2ccccc2-n2cnc(C=O)c21. The van der Waals surface area contributed by atoms with Crippen LogP contribution in [0.1, 0.15) is 40.3 Å². The molecule has 4 rings (SSSR count). The van der Waals surface area contributed by atoms with Crippen molar-refractivity contribution in [2.75, 3.05) is 0 Å². The van der Waals surface area contributed by atoms with E-state index in [0.717, 1.165) is 34.5 Å². The van der Waals surface area contributed by atoms with E-state index in [1.165, 1.54) is 0 Å². The van der Waals surface area contributed by atoms with E-state index in [1.807, 2.05) is 29.7 Å². The highest BCUT2D eigenvalue weighted by Gasteiger charge is 2.25. The van der Waals surface area contributed by atoms with Crippen molar-refractivity contribution in [1.29, 1.82) is 0 Å². The first kappa shape index (κ1) is 13.2. The van der Waals surface area contributed by atoms with E-state index in [9.17, 15) is 4.79 Å². The van der Waals surface area contributed by atoms with E-state index < -0.39 is 0 Å². The van der Waals surface area contributed by atoms with E-state index in [0.29, 0.717) is 5.69 Å². The van der Waals surface area contributed by atoms with E-state index in [4.69, 9.17) is 4.99 Å². The molecule has 1 aromatic carbocycles. The Labute approximate surface area is 131 Å². The monoisotopic (exact) mass is 307 g/mol. The Kier molecular flexibility index (Phi) is 3.01. The third kappa shape index (κ3) is 1.86. The van der Waals surface area contributed by atoms with Crippen LogP contribution in [0.25, 0.3) is 5.69 Å². The van der Waals surface area contributed by atoms with Crippen molar-refractivity contribution >= 4 is 23.3 Å². The van der Waals surface area contributed by atoms with Crippen molar-refractivity contribution in [2.45, 2.75) is 13.0 Å². The lowest BCUT2D eigenvalue weighted by Crippen LogP contribution is -2.05. The Hall–Kier alpha value is -2.53. The Bertz CT molecular complexity index is 877. The summed E-state index contributed by atoms with van der Waals surface area (Å²) < 4.78 is 1.98. The number of aldehydes is 1. The van der Waals surface area contributed by atoms with Crippen LogP contribution in [0.5, 0.6) is 0 Å². The fourth-order valence-electron chi connectivity index (χ4n) is 2.91. The Balaban J connectivity index is 2.05. The molecule has 0 spiro atoms. The van der Waals surface area contributed by atoms with E-state index in [1.54, 1.807) is 17.7 Å². The maximum absolute atomic E-state index is 11.3. The molecule has 1 aliphatic rings. The average molecular weight is 307 g/mol. The lowest BCUT2D eigenvalue weighted by atomic mass is 10.0. The first-order valence-corrected chi connectivity index (χ1v) is 7.96. The number of aromatic nitrogens is 2. The van der Waals surface area contributed by atoms with Gasteiger partial charge in [0, 0.05) is 16.5 Å². The molecule has 4 nitrogen and oxygen atoms in total. The van der Waals surface area contributed by atoms with E-state index >= 15 is 0 Å². The predicted molar refractivity (Wildman–Crippen MR) is 87.3 cm³/mol. The molecule has 1 atom stereocenters. The second-order valence-electron chi connectivity index (χ2n) is 5.19. The zero-order valence-corrected chi connectivity index (χ0v) is 12.7. The summed E-state index contributed by atoms with van der Waals surface area (Å²) in [6, 6.07) is 10.0. The second-order valence-corrected chi connectivity index (χ2v) is 5.97. The number of carbonyl (C=O) groups excluding carboxylic acids is 1. The molecule has 0 aliphatic carbocycles. The largest absolute Gasteiger partial charge is 0.300 e. The quantitative estimate of drug-likeness (QED) is 0.678. The van der Waals surface area contributed by atoms with Gasteiger partial charge in [-0.25, -0.2) is 4.98 Å². The number of rotatable bonds is 2. The first-order valence-electron chi connectivity index (χ1n) is 7.02. The number of fused-ring (bicyclic) bond motifs is 3. The van der Waals surface area contributed by atoms with Crippen LogP contribution in [0.4, 0.5) is 0 Å². The van der Waals surface area contributed by atoms with Gasteiger partial charge in [0.05, 0.1) is 23.1 Å². The third-order valence-electron chi connectivity index (χ3n) is 3.88. The summed E-state index contributed by atoms with van der Waals surface area (Å²) in [5, 5.41) is 4.15. The minimum absolute atomic E-state index is 0.134. The third-order valence-corrected chi connectivity index (χ3v) is 4.56. The van der Waals surface area contributed by atoms with Crippen LogP contribution >= 0.6 is 11.3 Å². The molecule has 3 heterocycles. The second kappa shape index (κ2) is 5.03. The molecule has 0 bridgehead atoms.